The first-order valence-electron chi connectivity index (χ1n) is 13.1. The number of halogens is 2. The molecular formula is C33H23Cl2N3O2S2. The van der Waals surface area contributed by atoms with Crippen LogP contribution >= 0.6 is 47.2 Å². The van der Waals surface area contributed by atoms with Crippen molar-refractivity contribution in [1.29, 1.82) is 0 Å². The molecule has 1 saturated heterocycles. The molecule has 5 aromatic rings. The first kappa shape index (κ1) is 28.2. The minimum Gasteiger partial charge on any atom is -0.489 e. The van der Waals surface area contributed by atoms with Crippen molar-refractivity contribution in [3.05, 3.63) is 141 Å². The molecule has 0 N–H and O–H groups in total. The third-order valence-corrected chi connectivity index (χ3v) is 8.61. The van der Waals surface area contributed by atoms with Crippen LogP contribution in [0.1, 0.15) is 16.7 Å². The summed E-state index contributed by atoms with van der Waals surface area (Å²) in [5.41, 5.74) is 5.20. The third-order valence-electron chi connectivity index (χ3n) is 6.64. The van der Waals surface area contributed by atoms with Crippen molar-refractivity contribution in [2.75, 3.05) is 0 Å². The summed E-state index contributed by atoms with van der Waals surface area (Å²) >= 11 is 19.2. The monoisotopic (exact) mass is 627 g/mol. The van der Waals surface area contributed by atoms with E-state index in [4.69, 9.17) is 45.3 Å². The van der Waals surface area contributed by atoms with Crippen molar-refractivity contribution in [2.24, 2.45) is 0 Å². The lowest BCUT2D eigenvalue weighted by Crippen LogP contribution is -2.27. The van der Waals surface area contributed by atoms with Crippen LogP contribution in [0.25, 0.3) is 23.0 Å². The summed E-state index contributed by atoms with van der Waals surface area (Å²) in [5.74, 6) is 0.576. The maximum atomic E-state index is 13.4. The van der Waals surface area contributed by atoms with Crippen LogP contribution in [0.2, 0.25) is 10.0 Å². The van der Waals surface area contributed by atoms with Gasteiger partial charge in [-0.15, -0.1) is 0 Å². The van der Waals surface area contributed by atoms with Gasteiger partial charge in [0.2, 0.25) is 0 Å². The van der Waals surface area contributed by atoms with Gasteiger partial charge in [-0.2, -0.15) is 5.10 Å². The summed E-state index contributed by atoms with van der Waals surface area (Å²) in [7, 11) is 0. The molecule has 0 spiro atoms. The van der Waals surface area contributed by atoms with Crippen LogP contribution < -0.4 is 4.74 Å². The zero-order chi connectivity index (χ0) is 29.1. The molecule has 0 unspecified atom stereocenters. The van der Waals surface area contributed by atoms with E-state index in [-0.39, 0.29) is 5.91 Å². The number of benzene rings is 4. The van der Waals surface area contributed by atoms with Crippen molar-refractivity contribution >= 4 is 63.5 Å². The molecular weight excluding hydrogens is 605 g/mol. The molecule has 42 heavy (non-hydrogen) atoms. The Balaban J connectivity index is 1.28. The average Bonchev–Trinajstić information content (AvgIpc) is 3.54. The van der Waals surface area contributed by atoms with Crippen LogP contribution in [-0.4, -0.2) is 24.9 Å². The molecule has 2 heterocycles. The molecule has 208 valence electrons. The van der Waals surface area contributed by atoms with Gasteiger partial charge in [0.25, 0.3) is 5.91 Å². The summed E-state index contributed by atoms with van der Waals surface area (Å²) in [6.45, 7) is 0.746. The Labute approximate surface area is 263 Å². The zero-order valence-electron chi connectivity index (χ0n) is 22.1. The molecule has 1 aliphatic heterocycles. The number of ether oxygens (including phenoxy) is 1. The van der Waals surface area contributed by atoms with E-state index < -0.39 is 0 Å². The fourth-order valence-corrected chi connectivity index (χ4v) is 6.19. The van der Waals surface area contributed by atoms with Gasteiger partial charge < -0.3 is 4.74 Å². The Hall–Kier alpha value is -3.88. The highest BCUT2D eigenvalue weighted by atomic mass is 35.5. The van der Waals surface area contributed by atoms with Crippen molar-refractivity contribution in [3.8, 4) is 22.7 Å². The molecule has 6 rings (SSSR count). The van der Waals surface area contributed by atoms with Crippen LogP contribution in [0, 0.1) is 0 Å². The van der Waals surface area contributed by atoms with Crippen molar-refractivity contribution in [1.82, 2.24) is 14.7 Å². The number of thioether (sulfide) groups is 1. The number of hydrogen-bond acceptors (Lipinski definition) is 5. The van der Waals surface area contributed by atoms with Gasteiger partial charge in [-0.05, 0) is 60.2 Å². The van der Waals surface area contributed by atoms with Gasteiger partial charge in [0.1, 0.15) is 16.7 Å². The van der Waals surface area contributed by atoms with Crippen LogP contribution in [0.15, 0.2) is 114 Å². The van der Waals surface area contributed by atoms with Gasteiger partial charge in [0.05, 0.1) is 22.8 Å². The number of rotatable bonds is 8. The number of nitrogens with zero attached hydrogens (tertiary/aromatic N) is 3. The first-order chi connectivity index (χ1) is 20.4. The Morgan fingerprint density at radius 3 is 2.33 bits per heavy atom. The maximum absolute atomic E-state index is 13.4. The molecule has 0 aliphatic carbocycles. The van der Waals surface area contributed by atoms with Gasteiger partial charge in [-0.3, -0.25) is 9.69 Å². The number of para-hydroxylation sites is 1. The molecule has 0 bridgehead atoms. The van der Waals surface area contributed by atoms with Gasteiger partial charge in [-0.25, -0.2) is 4.68 Å². The SMILES string of the molecule is O=C1C(=Cc2cn(-c3ccccc3)nc2-c2ccc(OCc3ccc(Cl)cc3Cl)cc2)SC(=S)N1Cc1ccccc1. The summed E-state index contributed by atoms with van der Waals surface area (Å²) in [6.07, 6.45) is 3.81. The predicted octanol–water partition coefficient (Wildman–Crippen LogP) is 8.83. The van der Waals surface area contributed by atoms with E-state index in [1.54, 1.807) is 17.0 Å². The number of aromatic nitrogens is 2. The number of carbonyl (C=O) groups excluding carboxylic acids is 1. The number of thiocarbonyl (C=S) groups is 1. The number of hydrogen-bond donors (Lipinski definition) is 0. The lowest BCUT2D eigenvalue weighted by molar-refractivity contribution is -0.122. The van der Waals surface area contributed by atoms with E-state index in [2.05, 4.69) is 0 Å². The summed E-state index contributed by atoms with van der Waals surface area (Å²) in [6, 6.07) is 32.7. The molecule has 1 amide bonds. The maximum Gasteiger partial charge on any atom is 0.266 e. The molecule has 1 aliphatic rings. The second-order valence-corrected chi connectivity index (χ2v) is 12.0. The van der Waals surface area contributed by atoms with Crippen LogP contribution in [0.4, 0.5) is 0 Å². The smallest absolute Gasteiger partial charge is 0.266 e. The molecule has 0 saturated carbocycles. The first-order valence-corrected chi connectivity index (χ1v) is 15.0. The second kappa shape index (κ2) is 12.5. The van der Waals surface area contributed by atoms with Crippen LogP contribution in [-0.2, 0) is 17.9 Å². The normalized spacial score (nSPS) is 14.1. The van der Waals surface area contributed by atoms with Crippen molar-refractivity contribution in [2.45, 2.75) is 13.2 Å². The molecule has 0 radical (unpaired) electrons. The minimum absolute atomic E-state index is 0.114. The molecule has 5 nitrogen and oxygen atoms in total. The molecule has 9 heteroatoms. The van der Waals surface area contributed by atoms with Gasteiger partial charge in [0, 0.05) is 32.9 Å². The highest BCUT2D eigenvalue weighted by molar-refractivity contribution is 8.26. The van der Waals surface area contributed by atoms with E-state index in [1.165, 1.54) is 11.8 Å². The quantitative estimate of drug-likeness (QED) is 0.127. The highest BCUT2D eigenvalue weighted by Crippen LogP contribution is 2.36. The Morgan fingerprint density at radius 1 is 0.905 bits per heavy atom. The van der Waals surface area contributed by atoms with Gasteiger partial charge in [0.15, 0.2) is 0 Å². The number of amides is 1. The highest BCUT2D eigenvalue weighted by Gasteiger charge is 2.32. The van der Waals surface area contributed by atoms with Crippen LogP contribution in [0.5, 0.6) is 5.75 Å². The Morgan fingerprint density at radius 2 is 1.62 bits per heavy atom. The Kier molecular flexibility index (Phi) is 8.44. The summed E-state index contributed by atoms with van der Waals surface area (Å²) in [5, 5.41) is 6.04. The molecule has 1 fully saturated rings. The average molecular weight is 629 g/mol. The predicted molar refractivity (Wildman–Crippen MR) is 175 cm³/mol. The van der Waals surface area contributed by atoms with Crippen molar-refractivity contribution < 1.29 is 9.53 Å². The van der Waals surface area contributed by atoms with E-state index in [9.17, 15) is 4.79 Å². The summed E-state index contributed by atoms with van der Waals surface area (Å²) in [4.78, 5) is 15.6. The van der Waals surface area contributed by atoms with Gasteiger partial charge >= 0.3 is 0 Å². The number of carbonyl (C=O) groups is 1. The van der Waals surface area contributed by atoms with E-state index in [0.29, 0.717) is 38.2 Å². The topological polar surface area (TPSA) is 47.4 Å². The third kappa shape index (κ3) is 6.30. The van der Waals surface area contributed by atoms with Crippen LogP contribution in [0.3, 0.4) is 0 Å². The summed E-state index contributed by atoms with van der Waals surface area (Å²) < 4.78 is 8.32. The lowest BCUT2D eigenvalue weighted by Gasteiger charge is -2.14. The van der Waals surface area contributed by atoms with E-state index in [1.807, 2.05) is 108 Å². The molecule has 1 aromatic heterocycles. The lowest BCUT2D eigenvalue weighted by atomic mass is 10.1. The Bertz CT molecular complexity index is 1790. The van der Waals surface area contributed by atoms with E-state index in [0.717, 1.165) is 33.6 Å². The zero-order valence-corrected chi connectivity index (χ0v) is 25.3. The molecule has 4 aromatic carbocycles. The standard InChI is InChI=1S/C33H23Cl2N3O2S2/c34-26-14-11-24(29(35)18-26)21-40-28-15-12-23(13-16-28)31-25(20-38(36-31)27-9-5-2-6-10-27)17-30-32(39)37(33(41)42-30)19-22-7-3-1-4-8-22/h1-18,20H,19,21H2. The second-order valence-electron chi connectivity index (χ2n) is 9.52. The van der Waals surface area contributed by atoms with E-state index >= 15 is 0 Å². The largest absolute Gasteiger partial charge is 0.489 e. The molecule has 0 atom stereocenters. The van der Waals surface area contributed by atoms with Crippen molar-refractivity contribution in [3.63, 3.8) is 0 Å². The minimum atomic E-state index is -0.114. The van der Waals surface area contributed by atoms with Gasteiger partial charge in [-0.1, -0.05) is 102 Å². The fraction of sp³-hybridized carbons (Fsp3) is 0.0606. The fourth-order valence-electron chi connectivity index (χ4n) is 4.48.